The fraction of sp³-hybridized carbons (Fsp3) is 0. The third-order valence-electron chi connectivity index (χ3n) is 2.43. The number of imidazole rings is 1. The Kier molecular flexibility index (Phi) is 1.94. The van der Waals surface area contributed by atoms with Crippen molar-refractivity contribution in [3.05, 3.63) is 46.7 Å². The summed E-state index contributed by atoms with van der Waals surface area (Å²) in [6, 6.07) is 8.01. The van der Waals surface area contributed by atoms with Crippen LogP contribution in [0, 0.1) is 10.1 Å². The summed E-state index contributed by atoms with van der Waals surface area (Å²) in [5.41, 5.74) is 1.32. The molecular formula is C11H7N3O3. The molecule has 0 aliphatic carbocycles. The number of nitrogens with one attached hydrogen (secondary N) is 1. The van der Waals surface area contributed by atoms with Gasteiger partial charge < -0.3 is 9.40 Å². The fourth-order valence-electron chi connectivity index (χ4n) is 1.64. The molecule has 0 bridgehead atoms. The van der Waals surface area contributed by atoms with Gasteiger partial charge in [0.15, 0.2) is 11.6 Å². The highest BCUT2D eigenvalue weighted by molar-refractivity contribution is 5.80. The van der Waals surface area contributed by atoms with Gasteiger partial charge in [-0.25, -0.2) is 4.98 Å². The molecule has 6 nitrogen and oxygen atoms in total. The van der Waals surface area contributed by atoms with Gasteiger partial charge in [-0.1, -0.05) is 0 Å². The van der Waals surface area contributed by atoms with Gasteiger partial charge in [-0.3, -0.25) is 10.1 Å². The van der Waals surface area contributed by atoms with Gasteiger partial charge in [-0.15, -0.1) is 0 Å². The maximum atomic E-state index is 10.6. The van der Waals surface area contributed by atoms with Crippen molar-refractivity contribution in [1.82, 2.24) is 9.97 Å². The van der Waals surface area contributed by atoms with Crippen molar-refractivity contribution in [3.63, 3.8) is 0 Å². The van der Waals surface area contributed by atoms with Crippen LogP contribution >= 0.6 is 0 Å². The number of rotatable bonds is 2. The molecule has 2 heterocycles. The van der Waals surface area contributed by atoms with Crippen LogP contribution in [0.1, 0.15) is 0 Å². The van der Waals surface area contributed by atoms with Gasteiger partial charge in [0.2, 0.25) is 0 Å². The Morgan fingerprint density at radius 1 is 1.35 bits per heavy atom. The number of nitrogens with zero attached hydrogens (tertiary/aromatic N) is 2. The number of nitro benzene ring substituents is 1. The number of fused-ring (bicyclic) bond motifs is 1. The zero-order chi connectivity index (χ0) is 11.8. The molecule has 0 fully saturated rings. The van der Waals surface area contributed by atoms with E-state index in [2.05, 4.69) is 9.97 Å². The first-order valence-electron chi connectivity index (χ1n) is 4.92. The molecule has 0 amide bonds. The smallest absolute Gasteiger partial charge is 0.271 e. The van der Waals surface area contributed by atoms with Crippen LogP contribution in [-0.4, -0.2) is 14.9 Å². The summed E-state index contributed by atoms with van der Waals surface area (Å²) in [5.74, 6) is 1.16. The number of non-ortho nitro benzene ring substituents is 1. The van der Waals surface area contributed by atoms with Crippen molar-refractivity contribution < 1.29 is 9.34 Å². The molecule has 0 aliphatic heterocycles. The first-order chi connectivity index (χ1) is 8.24. The summed E-state index contributed by atoms with van der Waals surface area (Å²) in [5, 5.41) is 10.6. The van der Waals surface area contributed by atoms with Crippen molar-refractivity contribution in [2.75, 3.05) is 0 Å². The predicted molar refractivity (Wildman–Crippen MR) is 60.5 cm³/mol. The maximum Gasteiger partial charge on any atom is 0.271 e. The summed E-state index contributed by atoms with van der Waals surface area (Å²) < 4.78 is 5.20. The molecule has 0 spiro atoms. The summed E-state index contributed by atoms with van der Waals surface area (Å²) in [4.78, 5) is 17.5. The third-order valence-corrected chi connectivity index (χ3v) is 2.43. The van der Waals surface area contributed by atoms with Crippen molar-refractivity contribution in [2.45, 2.75) is 0 Å². The largest absolute Gasteiger partial charge is 0.461 e. The zero-order valence-electron chi connectivity index (χ0n) is 8.58. The Bertz CT molecular complexity index is 685. The number of benzene rings is 1. The molecule has 3 aromatic rings. The Balaban J connectivity index is 2.16. The second kappa shape index (κ2) is 3.44. The standard InChI is InChI=1S/C11H7N3O3/c15-14(16)7-3-4-8-9(6-7)13-11(12-8)10-2-1-5-17-10/h1-6H,(H,12,13). The molecule has 0 radical (unpaired) electrons. The normalized spacial score (nSPS) is 10.8. The van der Waals surface area contributed by atoms with Gasteiger partial charge in [-0.2, -0.15) is 0 Å². The Morgan fingerprint density at radius 3 is 2.94 bits per heavy atom. The summed E-state index contributed by atoms with van der Waals surface area (Å²) >= 11 is 0. The number of furan rings is 1. The molecule has 0 unspecified atom stereocenters. The van der Waals surface area contributed by atoms with E-state index in [0.29, 0.717) is 22.6 Å². The molecule has 84 valence electrons. The van der Waals surface area contributed by atoms with Crippen LogP contribution in [0.3, 0.4) is 0 Å². The molecule has 2 aromatic heterocycles. The maximum absolute atomic E-state index is 10.6. The first kappa shape index (κ1) is 9.59. The monoisotopic (exact) mass is 229 g/mol. The lowest BCUT2D eigenvalue weighted by Gasteiger charge is -1.89. The molecule has 0 atom stereocenters. The predicted octanol–water partition coefficient (Wildman–Crippen LogP) is 2.73. The number of aromatic amines is 1. The van der Waals surface area contributed by atoms with Crippen molar-refractivity contribution in [3.8, 4) is 11.6 Å². The second-order valence-electron chi connectivity index (χ2n) is 3.52. The van der Waals surface area contributed by atoms with Gasteiger partial charge >= 0.3 is 0 Å². The van der Waals surface area contributed by atoms with Gasteiger partial charge in [0, 0.05) is 12.1 Å². The number of nitro groups is 1. The van der Waals surface area contributed by atoms with E-state index in [1.165, 1.54) is 12.1 Å². The van der Waals surface area contributed by atoms with E-state index in [4.69, 9.17) is 4.42 Å². The van der Waals surface area contributed by atoms with Crippen LogP contribution in [0.4, 0.5) is 5.69 Å². The molecule has 0 saturated carbocycles. The quantitative estimate of drug-likeness (QED) is 0.540. The highest BCUT2D eigenvalue weighted by Gasteiger charge is 2.11. The molecule has 0 saturated heterocycles. The minimum Gasteiger partial charge on any atom is -0.461 e. The van der Waals surface area contributed by atoms with Crippen LogP contribution in [-0.2, 0) is 0 Å². The van der Waals surface area contributed by atoms with E-state index in [9.17, 15) is 10.1 Å². The van der Waals surface area contributed by atoms with Crippen LogP contribution in [0.25, 0.3) is 22.6 Å². The van der Waals surface area contributed by atoms with Crippen LogP contribution in [0.2, 0.25) is 0 Å². The number of aromatic nitrogens is 2. The summed E-state index contributed by atoms with van der Waals surface area (Å²) in [6.07, 6.45) is 1.55. The lowest BCUT2D eigenvalue weighted by atomic mass is 10.3. The molecular weight excluding hydrogens is 222 g/mol. The molecule has 1 aromatic carbocycles. The minimum absolute atomic E-state index is 0.0344. The highest BCUT2D eigenvalue weighted by Crippen LogP contribution is 2.23. The van der Waals surface area contributed by atoms with Crippen LogP contribution in [0.15, 0.2) is 41.0 Å². The van der Waals surface area contributed by atoms with Crippen molar-refractivity contribution in [2.24, 2.45) is 0 Å². The second-order valence-corrected chi connectivity index (χ2v) is 3.52. The van der Waals surface area contributed by atoms with E-state index in [-0.39, 0.29) is 5.69 Å². The van der Waals surface area contributed by atoms with E-state index in [0.717, 1.165) is 0 Å². The van der Waals surface area contributed by atoms with E-state index < -0.39 is 4.92 Å². The number of hydrogen-bond acceptors (Lipinski definition) is 4. The van der Waals surface area contributed by atoms with Crippen molar-refractivity contribution in [1.29, 1.82) is 0 Å². The fourth-order valence-corrected chi connectivity index (χ4v) is 1.64. The van der Waals surface area contributed by atoms with Gasteiger partial charge in [0.1, 0.15) is 0 Å². The lowest BCUT2D eigenvalue weighted by Crippen LogP contribution is -1.86. The molecule has 1 N–H and O–H groups in total. The molecule has 3 rings (SSSR count). The van der Waals surface area contributed by atoms with E-state index in [1.54, 1.807) is 24.5 Å². The van der Waals surface area contributed by atoms with Gasteiger partial charge in [0.05, 0.1) is 22.2 Å². The number of H-pyrrole nitrogens is 1. The zero-order valence-corrected chi connectivity index (χ0v) is 8.58. The third kappa shape index (κ3) is 1.55. The average molecular weight is 229 g/mol. The average Bonchev–Trinajstić information content (AvgIpc) is 2.96. The molecule has 6 heteroatoms. The van der Waals surface area contributed by atoms with Crippen molar-refractivity contribution >= 4 is 16.7 Å². The lowest BCUT2D eigenvalue weighted by molar-refractivity contribution is -0.384. The van der Waals surface area contributed by atoms with Gasteiger partial charge in [0.25, 0.3) is 5.69 Å². The van der Waals surface area contributed by atoms with Crippen LogP contribution < -0.4 is 0 Å². The van der Waals surface area contributed by atoms with Gasteiger partial charge in [-0.05, 0) is 18.2 Å². The Labute approximate surface area is 95.0 Å². The van der Waals surface area contributed by atoms with Crippen LogP contribution in [0.5, 0.6) is 0 Å². The van der Waals surface area contributed by atoms with E-state index >= 15 is 0 Å². The SMILES string of the molecule is O=[N+]([O-])c1ccc2nc(-c3ccco3)[nH]c2c1. The Morgan fingerprint density at radius 2 is 2.24 bits per heavy atom. The number of hydrogen-bond donors (Lipinski definition) is 1. The highest BCUT2D eigenvalue weighted by atomic mass is 16.6. The topological polar surface area (TPSA) is 85.0 Å². The first-order valence-corrected chi connectivity index (χ1v) is 4.92. The molecule has 17 heavy (non-hydrogen) atoms. The van der Waals surface area contributed by atoms with E-state index in [1.807, 2.05) is 0 Å². The Hall–Kier alpha value is -2.63. The summed E-state index contributed by atoms with van der Waals surface area (Å²) in [7, 11) is 0. The summed E-state index contributed by atoms with van der Waals surface area (Å²) in [6.45, 7) is 0. The minimum atomic E-state index is -0.438. The molecule has 0 aliphatic rings.